The van der Waals surface area contributed by atoms with Gasteiger partial charge in [0, 0.05) is 17.5 Å². The van der Waals surface area contributed by atoms with E-state index in [1.165, 1.54) is 6.07 Å². The van der Waals surface area contributed by atoms with Crippen LogP contribution in [0.2, 0.25) is 0 Å². The minimum Gasteiger partial charge on any atom is -0.384 e. The average Bonchev–Trinajstić information content (AvgIpc) is 2.76. The van der Waals surface area contributed by atoms with Crippen LogP contribution in [0.25, 0.3) is 5.82 Å². The molecule has 0 aliphatic rings. The maximum atomic E-state index is 12.5. The molecule has 2 aromatic rings. The van der Waals surface area contributed by atoms with Crippen LogP contribution in [-0.4, -0.2) is 20.6 Å². The van der Waals surface area contributed by atoms with Gasteiger partial charge >= 0.3 is 6.18 Å². The standard InChI is InChI=1S/C11H10F3N5/c1-6-2-7(10(15)16)3-9(18-6)19-5-8(4-17-19)11(12,13)14/h2-5H,1H3,(H3,15,16). The van der Waals surface area contributed by atoms with Gasteiger partial charge in [0.25, 0.3) is 0 Å². The van der Waals surface area contributed by atoms with Crippen LogP contribution < -0.4 is 5.73 Å². The van der Waals surface area contributed by atoms with Crippen molar-refractivity contribution in [2.75, 3.05) is 0 Å². The average molecular weight is 269 g/mol. The fourth-order valence-corrected chi connectivity index (χ4v) is 1.52. The van der Waals surface area contributed by atoms with Crippen LogP contribution in [-0.2, 0) is 6.18 Å². The smallest absolute Gasteiger partial charge is 0.384 e. The van der Waals surface area contributed by atoms with E-state index < -0.39 is 11.7 Å². The summed E-state index contributed by atoms with van der Waals surface area (Å²) < 4.78 is 38.4. The lowest BCUT2D eigenvalue weighted by molar-refractivity contribution is -0.137. The highest BCUT2D eigenvalue weighted by molar-refractivity contribution is 5.95. The normalized spacial score (nSPS) is 11.6. The van der Waals surface area contributed by atoms with Crippen LogP contribution in [0.5, 0.6) is 0 Å². The van der Waals surface area contributed by atoms with Gasteiger partial charge in [0.05, 0.1) is 11.8 Å². The molecule has 0 unspecified atom stereocenters. The lowest BCUT2D eigenvalue weighted by atomic mass is 10.2. The number of nitrogen functional groups attached to an aromatic ring is 1. The van der Waals surface area contributed by atoms with E-state index >= 15 is 0 Å². The molecular formula is C11H10F3N5. The van der Waals surface area contributed by atoms with Gasteiger partial charge in [0.15, 0.2) is 5.82 Å². The summed E-state index contributed by atoms with van der Waals surface area (Å²) in [7, 11) is 0. The summed E-state index contributed by atoms with van der Waals surface area (Å²) in [5.74, 6) is -0.00403. The number of hydrogen-bond acceptors (Lipinski definition) is 3. The zero-order valence-corrected chi connectivity index (χ0v) is 9.86. The van der Waals surface area contributed by atoms with Crippen LogP contribution in [0.1, 0.15) is 16.8 Å². The highest BCUT2D eigenvalue weighted by Crippen LogP contribution is 2.29. The Morgan fingerprint density at radius 1 is 1.37 bits per heavy atom. The first-order chi connectivity index (χ1) is 8.77. The Morgan fingerprint density at radius 3 is 2.58 bits per heavy atom. The molecule has 2 rings (SSSR count). The van der Waals surface area contributed by atoms with Crippen molar-refractivity contribution >= 4 is 5.84 Å². The molecule has 0 radical (unpaired) electrons. The monoisotopic (exact) mass is 269 g/mol. The maximum Gasteiger partial charge on any atom is 0.419 e. The van der Waals surface area contributed by atoms with Crippen molar-refractivity contribution < 1.29 is 13.2 Å². The molecule has 0 bridgehead atoms. The fourth-order valence-electron chi connectivity index (χ4n) is 1.52. The van der Waals surface area contributed by atoms with E-state index in [9.17, 15) is 13.2 Å². The first-order valence-electron chi connectivity index (χ1n) is 5.22. The van der Waals surface area contributed by atoms with Crippen molar-refractivity contribution in [3.05, 3.63) is 41.3 Å². The highest BCUT2D eigenvalue weighted by atomic mass is 19.4. The molecule has 0 amide bonds. The molecule has 5 nitrogen and oxygen atoms in total. The summed E-state index contributed by atoms with van der Waals surface area (Å²) in [5, 5.41) is 11.0. The highest BCUT2D eigenvalue weighted by Gasteiger charge is 2.32. The fraction of sp³-hybridized carbons (Fsp3) is 0.182. The summed E-state index contributed by atoms with van der Waals surface area (Å²) in [6, 6.07) is 2.97. The third-order valence-electron chi connectivity index (χ3n) is 2.40. The van der Waals surface area contributed by atoms with E-state index in [0.29, 0.717) is 11.3 Å². The molecule has 8 heteroatoms. The number of nitrogens with zero attached hydrogens (tertiary/aromatic N) is 3. The molecule has 0 aliphatic carbocycles. The predicted molar refractivity (Wildman–Crippen MR) is 62.1 cm³/mol. The largest absolute Gasteiger partial charge is 0.419 e. The Morgan fingerprint density at radius 2 is 2.05 bits per heavy atom. The van der Waals surface area contributed by atoms with Gasteiger partial charge in [0.2, 0.25) is 0 Å². The summed E-state index contributed by atoms with van der Waals surface area (Å²) in [4.78, 5) is 4.06. The van der Waals surface area contributed by atoms with Gasteiger partial charge in [0.1, 0.15) is 5.84 Å². The van der Waals surface area contributed by atoms with Crippen molar-refractivity contribution in [1.82, 2.24) is 14.8 Å². The number of aryl methyl sites for hydroxylation is 1. The number of aromatic nitrogens is 3. The predicted octanol–water partition coefficient (Wildman–Crippen LogP) is 1.88. The second kappa shape index (κ2) is 4.38. The number of alkyl halides is 3. The number of rotatable bonds is 2. The first-order valence-corrected chi connectivity index (χ1v) is 5.22. The molecule has 2 aromatic heterocycles. The van der Waals surface area contributed by atoms with Gasteiger partial charge in [-0.15, -0.1) is 0 Å². The Balaban J connectivity index is 2.47. The quantitative estimate of drug-likeness (QED) is 0.645. The molecule has 0 aliphatic heterocycles. The van der Waals surface area contributed by atoms with E-state index in [1.807, 2.05) is 0 Å². The zero-order chi connectivity index (χ0) is 14.2. The number of halogens is 3. The topological polar surface area (TPSA) is 80.6 Å². The lowest BCUT2D eigenvalue weighted by Crippen LogP contribution is -2.13. The van der Waals surface area contributed by atoms with E-state index in [4.69, 9.17) is 11.1 Å². The number of nitrogens with one attached hydrogen (secondary N) is 1. The molecular weight excluding hydrogens is 259 g/mol. The first kappa shape index (κ1) is 13.1. The molecule has 3 N–H and O–H groups in total. The Kier molecular flexibility index (Phi) is 3.01. The lowest BCUT2D eigenvalue weighted by Gasteiger charge is -2.05. The molecule has 100 valence electrons. The number of hydrogen-bond donors (Lipinski definition) is 2. The van der Waals surface area contributed by atoms with Crippen LogP contribution in [0.4, 0.5) is 13.2 Å². The van der Waals surface area contributed by atoms with Gasteiger partial charge in [-0.25, -0.2) is 9.67 Å². The summed E-state index contributed by atoms with van der Waals surface area (Å²) in [6.07, 6.45) is -2.89. The SMILES string of the molecule is Cc1cc(C(=N)N)cc(-n2cc(C(F)(F)F)cn2)n1. The van der Waals surface area contributed by atoms with E-state index in [0.717, 1.165) is 17.1 Å². The molecule has 19 heavy (non-hydrogen) atoms. The minimum atomic E-state index is -4.45. The van der Waals surface area contributed by atoms with Crippen molar-refractivity contribution in [3.8, 4) is 5.82 Å². The third-order valence-corrected chi connectivity index (χ3v) is 2.40. The summed E-state index contributed by atoms with van der Waals surface area (Å²) >= 11 is 0. The van der Waals surface area contributed by atoms with Gasteiger partial charge in [-0.3, -0.25) is 5.41 Å². The number of amidine groups is 1. The van der Waals surface area contributed by atoms with Crippen LogP contribution in [0.3, 0.4) is 0 Å². The zero-order valence-electron chi connectivity index (χ0n) is 9.86. The Hall–Kier alpha value is -2.38. The third kappa shape index (κ3) is 2.72. The Bertz CT molecular complexity index is 630. The summed E-state index contributed by atoms with van der Waals surface area (Å²) in [6.45, 7) is 1.66. The summed E-state index contributed by atoms with van der Waals surface area (Å²) in [5.41, 5.74) is 5.40. The number of pyridine rings is 1. The van der Waals surface area contributed by atoms with Crippen LogP contribution in [0, 0.1) is 12.3 Å². The second-order valence-electron chi connectivity index (χ2n) is 3.94. The van der Waals surface area contributed by atoms with E-state index in [1.54, 1.807) is 13.0 Å². The number of nitrogens with two attached hydrogens (primary N) is 1. The van der Waals surface area contributed by atoms with Crippen LogP contribution in [0.15, 0.2) is 24.5 Å². The van der Waals surface area contributed by atoms with Crippen molar-refractivity contribution in [2.45, 2.75) is 13.1 Å². The van der Waals surface area contributed by atoms with Crippen molar-refractivity contribution in [1.29, 1.82) is 5.41 Å². The van der Waals surface area contributed by atoms with E-state index in [2.05, 4.69) is 10.1 Å². The molecule has 0 saturated carbocycles. The Labute approximate surface area is 106 Å². The molecule has 2 heterocycles. The van der Waals surface area contributed by atoms with Crippen molar-refractivity contribution in [2.24, 2.45) is 5.73 Å². The van der Waals surface area contributed by atoms with Crippen molar-refractivity contribution in [3.63, 3.8) is 0 Å². The van der Waals surface area contributed by atoms with Crippen LogP contribution >= 0.6 is 0 Å². The second-order valence-corrected chi connectivity index (χ2v) is 3.94. The minimum absolute atomic E-state index is 0.181. The van der Waals surface area contributed by atoms with Gasteiger partial charge in [-0.05, 0) is 19.1 Å². The van der Waals surface area contributed by atoms with Gasteiger partial charge in [-0.2, -0.15) is 18.3 Å². The van der Waals surface area contributed by atoms with E-state index in [-0.39, 0.29) is 11.7 Å². The maximum absolute atomic E-state index is 12.5. The van der Waals surface area contributed by atoms with Gasteiger partial charge in [-0.1, -0.05) is 0 Å². The molecule has 0 fully saturated rings. The molecule has 0 atom stereocenters. The molecule has 0 saturated heterocycles. The molecule has 0 spiro atoms. The molecule has 0 aromatic carbocycles. The van der Waals surface area contributed by atoms with Gasteiger partial charge < -0.3 is 5.73 Å².